The Labute approximate surface area is 74.8 Å². The number of carbonyl (C=O) groups excluding carboxylic acids is 1. The highest BCUT2D eigenvalue weighted by molar-refractivity contribution is 6.32. The molecule has 1 rings (SSSR count). The molecule has 1 aromatic rings. The molecule has 1 aromatic carbocycles. The summed E-state index contributed by atoms with van der Waals surface area (Å²) in [5.74, 6) is -0.284. The number of phenols is 1. The molecule has 0 radical (unpaired) electrons. The Morgan fingerprint density at radius 1 is 1.58 bits per heavy atom. The third kappa shape index (κ3) is 1.51. The Morgan fingerprint density at radius 3 is 2.67 bits per heavy atom. The molecule has 12 heavy (non-hydrogen) atoms. The first-order valence-electron chi connectivity index (χ1n) is 3.31. The fourth-order valence-corrected chi connectivity index (χ4v) is 1.05. The van der Waals surface area contributed by atoms with Gasteiger partial charge in [-0.2, -0.15) is 0 Å². The molecule has 0 saturated heterocycles. The number of rotatable bonds is 1. The number of anilines is 1. The van der Waals surface area contributed by atoms with Crippen LogP contribution in [0.3, 0.4) is 0 Å². The molecule has 0 atom stereocenters. The molecule has 0 aliphatic heterocycles. The van der Waals surface area contributed by atoms with Crippen molar-refractivity contribution in [1.82, 2.24) is 0 Å². The third-order valence-electron chi connectivity index (χ3n) is 1.50. The third-order valence-corrected chi connectivity index (χ3v) is 1.80. The number of benzene rings is 1. The summed E-state index contributed by atoms with van der Waals surface area (Å²) in [6, 6.07) is 2.62. The van der Waals surface area contributed by atoms with Crippen molar-refractivity contribution < 1.29 is 9.90 Å². The summed E-state index contributed by atoms with van der Waals surface area (Å²) in [5.41, 5.74) is 6.02. The number of aromatic hydroxyl groups is 1. The van der Waals surface area contributed by atoms with Crippen LogP contribution in [0.4, 0.5) is 5.69 Å². The van der Waals surface area contributed by atoms with Crippen LogP contribution in [-0.2, 0) is 0 Å². The summed E-state index contributed by atoms with van der Waals surface area (Å²) < 4.78 is 0. The Morgan fingerprint density at radius 2 is 2.17 bits per heavy atom. The standard InChI is InChI=1S/C8H8ClNO2/c1-4(11)5-2-6(9)8(12)3-7(5)10/h2-3,12H,10H2,1H3. The molecular formula is C8H8ClNO2. The second-order valence-corrected chi connectivity index (χ2v) is 2.85. The van der Waals surface area contributed by atoms with Gasteiger partial charge in [0.1, 0.15) is 5.75 Å². The molecule has 0 heterocycles. The zero-order chi connectivity index (χ0) is 9.30. The van der Waals surface area contributed by atoms with Crippen LogP contribution >= 0.6 is 11.6 Å². The van der Waals surface area contributed by atoms with Crippen molar-refractivity contribution >= 4 is 23.1 Å². The molecule has 0 aromatic heterocycles. The van der Waals surface area contributed by atoms with Crippen LogP contribution in [0.2, 0.25) is 5.02 Å². The van der Waals surface area contributed by atoms with E-state index >= 15 is 0 Å². The van der Waals surface area contributed by atoms with Gasteiger partial charge in [0.2, 0.25) is 0 Å². The number of hydrogen-bond acceptors (Lipinski definition) is 3. The van der Waals surface area contributed by atoms with E-state index in [0.29, 0.717) is 5.56 Å². The van der Waals surface area contributed by atoms with E-state index in [9.17, 15) is 4.79 Å². The minimum absolute atomic E-state index is 0.112. The van der Waals surface area contributed by atoms with Crippen molar-refractivity contribution in [2.75, 3.05) is 5.73 Å². The molecule has 0 aliphatic rings. The molecule has 0 amide bonds. The van der Waals surface area contributed by atoms with Gasteiger partial charge in [-0.1, -0.05) is 11.6 Å². The highest BCUT2D eigenvalue weighted by Gasteiger charge is 2.08. The van der Waals surface area contributed by atoms with Gasteiger partial charge < -0.3 is 10.8 Å². The minimum Gasteiger partial charge on any atom is -0.506 e. The molecule has 64 valence electrons. The van der Waals surface area contributed by atoms with Crippen LogP contribution in [0.15, 0.2) is 12.1 Å². The van der Waals surface area contributed by atoms with Gasteiger partial charge in [0.05, 0.1) is 5.02 Å². The zero-order valence-corrected chi connectivity index (χ0v) is 7.22. The number of Topliss-reactive ketones (excluding diaryl/α,β-unsaturated/α-hetero) is 1. The second kappa shape index (κ2) is 3.03. The molecule has 0 saturated carbocycles. The summed E-state index contributed by atoms with van der Waals surface area (Å²) in [7, 11) is 0. The molecule has 0 fully saturated rings. The fraction of sp³-hybridized carbons (Fsp3) is 0.125. The smallest absolute Gasteiger partial charge is 0.161 e. The molecule has 3 nitrogen and oxygen atoms in total. The first-order valence-corrected chi connectivity index (χ1v) is 3.69. The van der Waals surface area contributed by atoms with Crippen LogP contribution in [-0.4, -0.2) is 10.9 Å². The van der Waals surface area contributed by atoms with E-state index < -0.39 is 0 Å². The Hall–Kier alpha value is -1.22. The molecule has 4 heteroatoms. The highest BCUT2D eigenvalue weighted by atomic mass is 35.5. The summed E-state index contributed by atoms with van der Waals surface area (Å²) in [6.45, 7) is 1.39. The van der Waals surface area contributed by atoms with Crippen molar-refractivity contribution in [3.8, 4) is 5.75 Å². The number of hydrogen-bond donors (Lipinski definition) is 2. The number of nitrogens with two attached hydrogens (primary N) is 1. The van der Waals surface area contributed by atoms with Crippen LogP contribution in [0.1, 0.15) is 17.3 Å². The zero-order valence-electron chi connectivity index (χ0n) is 6.47. The van der Waals surface area contributed by atoms with Gasteiger partial charge in [0.15, 0.2) is 5.78 Å². The van der Waals surface area contributed by atoms with Crippen molar-refractivity contribution in [2.24, 2.45) is 0 Å². The Bertz CT molecular complexity index is 336. The van der Waals surface area contributed by atoms with Gasteiger partial charge in [-0.15, -0.1) is 0 Å². The predicted octanol–water partition coefficient (Wildman–Crippen LogP) is 1.83. The lowest BCUT2D eigenvalue weighted by Crippen LogP contribution is -1.99. The van der Waals surface area contributed by atoms with Gasteiger partial charge in [-0.3, -0.25) is 4.79 Å². The summed E-state index contributed by atoms with van der Waals surface area (Å²) >= 11 is 5.57. The number of nitrogen functional groups attached to an aromatic ring is 1. The Kier molecular flexibility index (Phi) is 2.24. The van der Waals surface area contributed by atoms with Crippen LogP contribution in [0, 0.1) is 0 Å². The maximum absolute atomic E-state index is 10.9. The molecule has 0 aliphatic carbocycles. The molecule has 0 bridgehead atoms. The monoisotopic (exact) mass is 185 g/mol. The van der Waals surface area contributed by atoms with Gasteiger partial charge >= 0.3 is 0 Å². The summed E-state index contributed by atoms with van der Waals surface area (Å²) in [4.78, 5) is 10.9. The van der Waals surface area contributed by atoms with Gasteiger partial charge in [0.25, 0.3) is 0 Å². The largest absolute Gasteiger partial charge is 0.506 e. The number of phenolic OH excluding ortho intramolecular Hbond substituents is 1. The minimum atomic E-state index is -0.172. The van der Waals surface area contributed by atoms with Crippen LogP contribution in [0.5, 0.6) is 5.75 Å². The maximum atomic E-state index is 10.9. The lowest BCUT2D eigenvalue weighted by molar-refractivity contribution is 0.101. The van der Waals surface area contributed by atoms with E-state index in [4.69, 9.17) is 22.4 Å². The van der Waals surface area contributed by atoms with Crippen LogP contribution < -0.4 is 5.73 Å². The summed E-state index contributed by atoms with van der Waals surface area (Å²) in [6.07, 6.45) is 0. The van der Waals surface area contributed by atoms with Gasteiger partial charge in [-0.05, 0) is 13.0 Å². The average Bonchev–Trinajstić information content (AvgIpc) is 1.96. The van der Waals surface area contributed by atoms with Gasteiger partial charge in [-0.25, -0.2) is 0 Å². The van der Waals surface area contributed by atoms with E-state index in [1.807, 2.05) is 0 Å². The highest BCUT2D eigenvalue weighted by Crippen LogP contribution is 2.28. The quantitative estimate of drug-likeness (QED) is 0.518. The normalized spacial score (nSPS) is 9.83. The molecule has 0 unspecified atom stereocenters. The van der Waals surface area contributed by atoms with Crippen molar-refractivity contribution in [2.45, 2.75) is 6.92 Å². The van der Waals surface area contributed by atoms with E-state index in [1.54, 1.807) is 0 Å². The fourth-order valence-electron chi connectivity index (χ4n) is 0.883. The topological polar surface area (TPSA) is 63.3 Å². The predicted molar refractivity (Wildman–Crippen MR) is 47.5 cm³/mol. The van der Waals surface area contributed by atoms with E-state index in [-0.39, 0.29) is 22.2 Å². The average molecular weight is 186 g/mol. The first-order chi connectivity index (χ1) is 5.52. The number of ketones is 1. The van der Waals surface area contributed by atoms with Crippen LogP contribution in [0.25, 0.3) is 0 Å². The van der Waals surface area contributed by atoms with E-state index in [1.165, 1.54) is 19.1 Å². The number of carbonyl (C=O) groups is 1. The SMILES string of the molecule is CC(=O)c1cc(Cl)c(O)cc1N. The van der Waals surface area contributed by atoms with E-state index in [0.717, 1.165) is 0 Å². The lowest BCUT2D eigenvalue weighted by Gasteiger charge is -2.03. The Balaban J connectivity index is 3.33. The van der Waals surface area contributed by atoms with Gasteiger partial charge in [0, 0.05) is 17.3 Å². The summed E-state index contributed by atoms with van der Waals surface area (Å²) in [5, 5.41) is 9.22. The maximum Gasteiger partial charge on any atom is 0.161 e. The molecule has 0 spiro atoms. The second-order valence-electron chi connectivity index (χ2n) is 2.45. The van der Waals surface area contributed by atoms with Crippen molar-refractivity contribution in [3.63, 3.8) is 0 Å². The van der Waals surface area contributed by atoms with Crippen molar-refractivity contribution in [3.05, 3.63) is 22.7 Å². The van der Waals surface area contributed by atoms with E-state index in [2.05, 4.69) is 0 Å². The van der Waals surface area contributed by atoms with Crippen molar-refractivity contribution in [1.29, 1.82) is 0 Å². The molecule has 3 N–H and O–H groups in total. The number of halogens is 1. The first kappa shape index (κ1) is 8.87. The lowest BCUT2D eigenvalue weighted by atomic mass is 10.1. The molecular weight excluding hydrogens is 178 g/mol.